The van der Waals surface area contributed by atoms with Crippen LogP contribution in [0.15, 0.2) is 35.9 Å². The summed E-state index contributed by atoms with van der Waals surface area (Å²) in [5.41, 5.74) is 2.59. The van der Waals surface area contributed by atoms with Crippen molar-refractivity contribution in [3.05, 3.63) is 41.5 Å². The minimum Gasteiger partial charge on any atom is -0.378 e. The lowest BCUT2D eigenvalue weighted by Gasteiger charge is -2.24. The SMILES string of the molecule is C/C(=C/c1ccccc1)C1COCCN1. The molecule has 15 heavy (non-hydrogen) atoms. The number of ether oxygens (including phenoxy) is 1. The van der Waals surface area contributed by atoms with E-state index in [2.05, 4.69) is 42.6 Å². The average Bonchev–Trinajstić information content (AvgIpc) is 2.31. The van der Waals surface area contributed by atoms with Gasteiger partial charge >= 0.3 is 0 Å². The van der Waals surface area contributed by atoms with Gasteiger partial charge in [0.2, 0.25) is 0 Å². The molecule has 0 bridgehead atoms. The van der Waals surface area contributed by atoms with Gasteiger partial charge < -0.3 is 10.1 Å². The minimum atomic E-state index is 0.374. The Hall–Kier alpha value is -1.12. The Morgan fingerprint density at radius 1 is 1.40 bits per heavy atom. The molecular formula is C13H17NO. The van der Waals surface area contributed by atoms with Crippen LogP contribution in [-0.2, 0) is 4.74 Å². The molecule has 2 heteroatoms. The molecule has 80 valence electrons. The molecule has 1 saturated heterocycles. The lowest BCUT2D eigenvalue weighted by molar-refractivity contribution is 0.0873. The molecule has 0 aliphatic carbocycles. The van der Waals surface area contributed by atoms with Gasteiger partial charge in [0.25, 0.3) is 0 Å². The van der Waals surface area contributed by atoms with Crippen LogP contribution in [0.3, 0.4) is 0 Å². The smallest absolute Gasteiger partial charge is 0.0658 e. The maximum Gasteiger partial charge on any atom is 0.0658 e. The van der Waals surface area contributed by atoms with Crippen molar-refractivity contribution in [2.45, 2.75) is 13.0 Å². The minimum absolute atomic E-state index is 0.374. The zero-order chi connectivity index (χ0) is 10.5. The van der Waals surface area contributed by atoms with E-state index in [0.29, 0.717) is 6.04 Å². The Morgan fingerprint density at radius 2 is 2.20 bits per heavy atom. The number of hydrogen-bond donors (Lipinski definition) is 1. The van der Waals surface area contributed by atoms with Crippen LogP contribution in [0.2, 0.25) is 0 Å². The molecule has 0 saturated carbocycles. The highest BCUT2D eigenvalue weighted by Gasteiger charge is 2.13. The number of hydrogen-bond acceptors (Lipinski definition) is 2. The molecule has 0 spiro atoms. The number of benzene rings is 1. The van der Waals surface area contributed by atoms with Gasteiger partial charge in [-0.1, -0.05) is 42.0 Å². The van der Waals surface area contributed by atoms with E-state index in [1.54, 1.807) is 0 Å². The third-order valence-corrected chi connectivity index (χ3v) is 2.67. The molecular weight excluding hydrogens is 186 g/mol. The third kappa shape index (κ3) is 2.91. The van der Waals surface area contributed by atoms with Crippen molar-refractivity contribution in [3.8, 4) is 0 Å². The molecule has 1 fully saturated rings. The Kier molecular flexibility index (Phi) is 3.54. The maximum absolute atomic E-state index is 5.44. The average molecular weight is 203 g/mol. The van der Waals surface area contributed by atoms with Crippen molar-refractivity contribution in [2.75, 3.05) is 19.8 Å². The van der Waals surface area contributed by atoms with Gasteiger partial charge in [-0.25, -0.2) is 0 Å². The van der Waals surface area contributed by atoms with Gasteiger partial charge in [0.15, 0.2) is 0 Å². The number of nitrogens with one attached hydrogen (secondary N) is 1. The van der Waals surface area contributed by atoms with Crippen LogP contribution in [-0.4, -0.2) is 25.8 Å². The van der Waals surface area contributed by atoms with E-state index >= 15 is 0 Å². The Bertz CT molecular complexity index is 326. The largest absolute Gasteiger partial charge is 0.378 e. The summed E-state index contributed by atoms with van der Waals surface area (Å²) in [4.78, 5) is 0. The number of rotatable bonds is 2. The Labute approximate surface area is 91.0 Å². The summed E-state index contributed by atoms with van der Waals surface area (Å²) in [7, 11) is 0. The van der Waals surface area contributed by atoms with Crippen LogP contribution in [0.1, 0.15) is 12.5 Å². The second-order valence-electron chi connectivity index (χ2n) is 3.88. The van der Waals surface area contributed by atoms with Crippen molar-refractivity contribution in [2.24, 2.45) is 0 Å². The highest BCUT2D eigenvalue weighted by Crippen LogP contribution is 2.11. The molecule has 1 N–H and O–H groups in total. The van der Waals surface area contributed by atoms with Gasteiger partial charge in [-0.05, 0) is 12.5 Å². The zero-order valence-corrected chi connectivity index (χ0v) is 9.07. The summed E-state index contributed by atoms with van der Waals surface area (Å²) in [6, 6.07) is 10.8. The second kappa shape index (κ2) is 5.10. The summed E-state index contributed by atoms with van der Waals surface area (Å²) in [6.45, 7) is 4.72. The first-order chi connectivity index (χ1) is 7.36. The predicted octanol–water partition coefficient (Wildman–Crippen LogP) is 2.08. The topological polar surface area (TPSA) is 21.3 Å². The summed E-state index contributed by atoms with van der Waals surface area (Å²) in [5, 5.41) is 3.45. The standard InChI is InChI=1S/C13H17NO/c1-11(13-10-15-8-7-14-13)9-12-5-3-2-4-6-12/h2-6,9,13-14H,7-8,10H2,1H3/b11-9-. The third-order valence-electron chi connectivity index (χ3n) is 2.67. The molecule has 1 heterocycles. The fourth-order valence-corrected chi connectivity index (χ4v) is 1.77. The van der Waals surface area contributed by atoms with Crippen LogP contribution >= 0.6 is 0 Å². The molecule has 2 nitrogen and oxygen atoms in total. The molecule has 0 aromatic heterocycles. The van der Waals surface area contributed by atoms with Crippen LogP contribution in [0.4, 0.5) is 0 Å². The lowest BCUT2D eigenvalue weighted by atomic mass is 10.1. The molecule has 0 radical (unpaired) electrons. The van der Waals surface area contributed by atoms with E-state index in [0.717, 1.165) is 19.8 Å². The Morgan fingerprint density at radius 3 is 2.87 bits per heavy atom. The normalized spacial score (nSPS) is 22.7. The first-order valence-corrected chi connectivity index (χ1v) is 5.40. The van der Waals surface area contributed by atoms with Crippen LogP contribution < -0.4 is 5.32 Å². The van der Waals surface area contributed by atoms with E-state index in [9.17, 15) is 0 Å². The highest BCUT2D eigenvalue weighted by atomic mass is 16.5. The van der Waals surface area contributed by atoms with E-state index in [4.69, 9.17) is 4.74 Å². The Balaban J connectivity index is 2.06. The summed E-state index contributed by atoms with van der Waals surface area (Å²) >= 11 is 0. The zero-order valence-electron chi connectivity index (χ0n) is 9.07. The predicted molar refractivity (Wildman–Crippen MR) is 62.7 cm³/mol. The van der Waals surface area contributed by atoms with E-state index in [1.165, 1.54) is 11.1 Å². The molecule has 1 aromatic rings. The van der Waals surface area contributed by atoms with Gasteiger partial charge in [0.05, 0.1) is 19.3 Å². The molecule has 2 rings (SSSR count). The van der Waals surface area contributed by atoms with E-state index in [1.807, 2.05) is 6.07 Å². The van der Waals surface area contributed by atoms with Crippen LogP contribution in [0, 0.1) is 0 Å². The van der Waals surface area contributed by atoms with Crippen molar-refractivity contribution < 1.29 is 4.74 Å². The first-order valence-electron chi connectivity index (χ1n) is 5.40. The summed E-state index contributed by atoms with van der Waals surface area (Å²) in [6.07, 6.45) is 2.21. The van der Waals surface area contributed by atoms with Crippen LogP contribution in [0.5, 0.6) is 0 Å². The summed E-state index contributed by atoms with van der Waals surface area (Å²) < 4.78 is 5.44. The van der Waals surface area contributed by atoms with Crippen molar-refractivity contribution >= 4 is 6.08 Å². The maximum atomic E-state index is 5.44. The fourth-order valence-electron chi connectivity index (χ4n) is 1.77. The van der Waals surface area contributed by atoms with Crippen molar-refractivity contribution in [1.29, 1.82) is 0 Å². The fraction of sp³-hybridized carbons (Fsp3) is 0.385. The molecule has 1 aliphatic heterocycles. The molecule has 1 atom stereocenters. The molecule has 0 amide bonds. The highest BCUT2D eigenvalue weighted by molar-refractivity contribution is 5.53. The number of morpholine rings is 1. The van der Waals surface area contributed by atoms with E-state index < -0.39 is 0 Å². The lowest BCUT2D eigenvalue weighted by Crippen LogP contribution is -2.41. The molecule has 1 aromatic carbocycles. The van der Waals surface area contributed by atoms with E-state index in [-0.39, 0.29) is 0 Å². The second-order valence-corrected chi connectivity index (χ2v) is 3.88. The van der Waals surface area contributed by atoms with Gasteiger partial charge in [-0.3, -0.25) is 0 Å². The van der Waals surface area contributed by atoms with Crippen molar-refractivity contribution in [1.82, 2.24) is 5.32 Å². The van der Waals surface area contributed by atoms with Gasteiger partial charge in [0, 0.05) is 6.54 Å². The summed E-state index contributed by atoms with van der Waals surface area (Å²) in [5.74, 6) is 0. The molecule has 1 unspecified atom stereocenters. The van der Waals surface area contributed by atoms with Gasteiger partial charge in [0.1, 0.15) is 0 Å². The molecule has 1 aliphatic rings. The van der Waals surface area contributed by atoms with Crippen molar-refractivity contribution in [3.63, 3.8) is 0 Å². The quantitative estimate of drug-likeness (QED) is 0.794. The van der Waals surface area contributed by atoms with Crippen LogP contribution in [0.25, 0.3) is 6.08 Å². The van der Waals surface area contributed by atoms with Gasteiger partial charge in [-0.15, -0.1) is 0 Å². The monoisotopic (exact) mass is 203 g/mol. The van der Waals surface area contributed by atoms with Gasteiger partial charge in [-0.2, -0.15) is 0 Å². The first kappa shape index (κ1) is 10.4.